The lowest BCUT2D eigenvalue weighted by Crippen LogP contribution is -2.43. The molecule has 2 fully saturated rings. The van der Waals surface area contributed by atoms with Crippen molar-refractivity contribution in [3.8, 4) is 0 Å². The number of hydrogen-bond acceptors (Lipinski definition) is 4. The number of hydrogen-bond donors (Lipinski definition) is 1. The van der Waals surface area contributed by atoms with E-state index in [1.807, 2.05) is 0 Å². The van der Waals surface area contributed by atoms with Crippen LogP contribution in [0, 0.1) is 5.41 Å². The zero-order chi connectivity index (χ0) is 13.7. The summed E-state index contributed by atoms with van der Waals surface area (Å²) in [6, 6.07) is 0. The number of carbonyl (C=O) groups is 1. The lowest BCUT2D eigenvalue weighted by Gasteiger charge is -2.36. The van der Waals surface area contributed by atoms with E-state index >= 15 is 0 Å². The molecule has 0 heterocycles. The predicted octanol–water partition coefficient (Wildman–Crippen LogP) is 2.40. The van der Waals surface area contributed by atoms with Gasteiger partial charge in [-0.3, -0.25) is 4.79 Å². The predicted molar refractivity (Wildman–Crippen MR) is 73.7 cm³/mol. The third-order valence-electron chi connectivity index (χ3n) is 4.82. The number of nitrogens with two attached hydrogens (primary N) is 1. The standard InChI is InChI=1S/C15H27NO3/c1-18-12-6-5-7-13(10-12)19-14(17)15(11-16)8-3-2-4-9-15/h12-13H,2-11,16H2,1H3. The fourth-order valence-corrected chi connectivity index (χ4v) is 3.42. The average molecular weight is 269 g/mol. The molecule has 2 atom stereocenters. The Kier molecular flexibility index (Phi) is 5.22. The minimum atomic E-state index is -0.404. The van der Waals surface area contributed by atoms with Crippen LogP contribution in [0.5, 0.6) is 0 Å². The van der Waals surface area contributed by atoms with Crippen LogP contribution in [0.2, 0.25) is 0 Å². The number of esters is 1. The molecule has 2 unspecified atom stereocenters. The monoisotopic (exact) mass is 269 g/mol. The van der Waals surface area contributed by atoms with Crippen LogP contribution in [0.15, 0.2) is 0 Å². The minimum absolute atomic E-state index is 0.0246. The summed E-state index contributed by atoms with van der Waals surface area (Å²) in [6.07, 6.45) is 9.40. The normalized spacial score (nSPS) is 30.8. The molecule has 0 radical (unpaired) electrons. The van der Waals surface area contributed by atoms with E-state index in [-0.39, 0.29) is 18.2 Å². The van der Waals surface area contributed by atoms with E-state index in [2.05, 4.69) is 0 Å². The van der Waals surface area contributed by atoms with Crippen LogP contribution < -0.4 is 5.73 Å². The summed E-state index contributed by atoms with van der Waals surface area (Å²) in [5.41, 5.74) is 5.47. The molecule has 2 aliphatic carbocycles. The van der Waals surface area contributed by atoms with E-state index in [0.717, 1.165) is 51.4 Å². The Balaban J connectivity index is 1.91. The highest BCUT2D eigenvalue weighted by Gasteiger charge is 2.41. The van der Waals surface area contributed by atoms with Crippen LogP contribution in [0.25, 0.3) is 0 Å². The third-order valence-corrected chi connectivity index (χ3v) is 4.82. The average Bonchev–Trinajstić information content (AvgIpc) is 2.48. The number of methoxy groups -OCH3 is 1. The first-order chi connectivity index (χ1) is 9.20. The molecule has 0 saturated heterocycles. The van der Waals surface area contributed by atoms with E-state index in [0.29, 0.717) is 6.54 Å². The highest BCUT2D eigenvalue weighted by atomic mass is 16.5. The summed E-state index contributed by atoms with van der Waals surface area (Å²) in [6.45, 7) is 0.423. The van der Waals surface area contributed by atoms with Crippen molar-refractivity contribution in [3.05, 3.63) is 0 Å². The Morgan fingerprint density at radius 2 is 1.84 bits per heavy atom. The van der Waals surface area contributed by atoms with Gasteiger partial charge in [-0.2, -0.15) is 0 Å². The lowest BCUT2D eigenvalue weighted by molar-refractivity contribution is -0.166. The molecule has 19 heavy (non-hydrogen) atoms. The summed E-state index contributed by atoms with van der Waals surface area (Å²) in [7, 11) is 1.73. The molecule has 4 nitrogen and oxygen atoms in total. The smallest absolute Gasteiger partial charge is 0.313 e. The van der Waals surface area contributed by atoms with Gasteiger partial charge in [-0.25, -0.2) is 0 Å². The molecule has 0 aromatic carbocycles. The van der Waals surface area contributed by atoms with Crippen molar-refractivity contribution in [1.82, 2.24) is 0 Å². The van der Waals surface area contributed by atoms with Gasteiger partial charge in [0.1, 0.15) is 6.10 Å². The molecule has 0 spiro atoms. The maximum atomic E-state index is 12.5. The highest BCUT2D eigenvalue weighted by molar-refractivity contribution is 5.77. The van der Waals surface area contributed by atoms with Gasteiger partial charge in [0.2, 0.25) is 0 Å². The minimum Gasteiger partial charge on any atom is -0.462 e. The quantitative estimate of drug-likeness (QED) is 0.796. The summed E-state index contributed by atoms with van der Waals surface area (Å²) >= 11 is 0. The zero-order valence-electron chi connectivity index (χ0n) is 12.0. The van der Waals surface area contributed by atoms with Crippen molar-refractivity contribution in [2.45, 2.75) is 70.0 Å². The summed E-state index contributed by atoms with van der Waals surface area (Å²) in [4.78, 5) is 12.5. The second-order valence-corrected chi connectivity index (χ2v) is 6.10. The molecule has 2 aliphatic rings. The Morgan fingerprint density at radius 3 is 2.47 bits per heavy atom. The molecule has 0 aromatic heterocycles. The van der Waals surface area contributed by atoms with Crippen LogP contribution in [0.4, 0.5) is 0 Å². The molecule has 0 aromatic rings. The van der Waals surface area contributed by atoms with Crippen LogP contribution in [-0.2, 0) is 14.3 Å². The van der Waals surface area contributed by atoms with Gasteiger partial charge in [0.05, 0.1) is 11.5 Å². The molecular formula is C15H27NO3. The van der Waals surface area contributed by atoms with Gasteiger partial charge < -0.3 is 15.2 Å². The van der Waals surface area contributed by atoms with E-state index in [9.17, 15) is 4.79 Å². The Hall–Kier alpha value is -0.610. The highest BCUT2D eigenvalue weighted by Crippen LogP contribution is 2.37. The van der Waals surface area contributed by atoms with E-state index in [4.69, 9.17) is 15.2 Å². The topological polar surface area (TPSA) is 61.5 Å². The first-order valence-corrected chi connectivity index (χ1v) is 7.64. The lowest BCUT2D eigenvalue weighted by atomic mass is 9.74. The van der Waals surface area contributed by atoms with Crippen LogP contribution >= 0.6 is 0 Å². The fraction of sp³-hybridized carbons (Fsp3) is 0.933. The van der Waals surface area contributed by atoms with Crippen molar-refractivity contribution < 1.29 is 14.3 Å². The Bertz CT molecular complexity index is 300. The fourth-order valence-electron chi connectivity index (χ4n) is 3.42. The van der Waals surface area contributed by atoms with Crippen LogP contribution in [0.3, 0.4) is 0 Å². The molecule has 4 heteroatoms. The van der Waals surface area contributed by atoms with Crippen molar-refractivity contribution in [1.29, 1.82) is 0 Å². The molecule has 110 valence electrons. The van der Waals surface area contributed by atoms with Crippen molar-refractivity contribution in [2.24, 2.45) is 11.1 Å². The van der Waals surface area contributed by atoms with Crippen LogP contribution in [-0.4, -0.2) is 31.8 Å². The van der Waals surface area contributed by atoms with E-state index in [1.54, 1.807) is 7.11 Å². The molecule has 2 rings (SSSR count). The maximum absolute atomic E-state index is 12.5. The van der Waals surface area contributed by atoms with Gasteiger partial charge in [0, 0.05) is 20.1 Å². The van der Waals surface area contributed by atoms with Crippen LogP contribution in [0.1, 0.15) is 57.8 Å². The Morgan fingerprint density at radius 1 is 1.16 bits per heavy atom. The first kappa shape index (κ1) is 14.8. The largest absolute Gasteiger partial charge is 0.462 e. The van der Waals surface area contributed by atoms with Gasteiger partial charge in [0.15, 0.2) is 0 Å². The van der Waals surface area contributed by atoms with E-state index in [1.165, 1.54) is 6.42 Å². The van der Waals surface area contributed by atoms with Crippen molar-refractivity contribution >= 4 is 5.97 Å². The van der Waals surface area contributed by atoms with Gasteiger partial charge in [-0.05, 0) is 32.1 Å². The molecule has 0 aliphatic heterocycles. The number of ether oxygens (including phenoxy) is 2. The summed E-state index contributed by atoms with van der Waals surface area (Å²) in [5.74, 6) is -0.0588. The van der Waals surface area contributed by atoms with Gasteiger partial charge in [0.25, 0.3) is 0 Å². The van der Waals surface area contributed by atoms with Crippen molar-refractivity contribution in [3.63, 3.8) is 0 Å². The molecule has 2 N–H and O–H groups in total. The Labute approximate surface area is 116 Å². The SMILES string of the molecule is COC1CCCC(OC(=O)C2(CN)CCCCC2)C1. The zero-order valence-corrected chi connectivity index (χ0v) is 12.0. The second kappa shape index (κ2) is 6.71. The summed E-state index contributed by atoms with van der Waals surface area (Å²) < 4.78 is 11.1. The summed E-state index contributed by atoms with van der Waals surface area (Å²) in [5, 5.41) is 0. The van der Waals surface area contributed by atoms with Gasteiger partial charge >= 0.3 is 5.97 Å². The molecule has 2 saturated carbocycles. The van der Waals surface area contributed by atoms with Gasteiger partial charge in [-0.15, -0.1) is 0 Å². The van der Waals surface area contributed by atoms with Gasteiger partial charge in [-0.1, -0.05) is 19.3 Å². The van der Waals surface area contributed by atoms with E-state index < -0.39 is 5.41 Å². The number of rotatable bonds is 4. The molecule has 0 amide bonds. The number of carbonyl (C=O) groups excluding carboxylic acids is 1. The molecular weight excluding hydrogens is 242 g/mol. The third kappa shape index (κ3) is 3.48. The maximum Gasteiger partial charge on any atom is 0.313 e. The van der Waals surface area contributed by atoms with Crippen molar-refractivity contribution in [2.75, 3.05) is 13.7 Å². The molecule has 0 bridgehead atoms. The second-order valence-electron chi connectivity index (χ2n) is 6.10. The first-order valence-electron chi connectivity index (χ1n) is 7.64.